The van der Waals surface area contributed by atoms with Crippen LogP contribution >= 0.6 is 0 Å². The predicted molar refractivity (Wildman–Crippen MR) is 198 cm³/mol. The summed E-state index contributed by atoms with van der Waals surface area (Å²) in [6, 6.07) is 58.7. The molecule has 10 aromatic rings. The van der Waals surface area contributed by atoms with E-state index < -0.39 is 0 Å². The Hall–Kier alpha value is -6.32. The number of aromatic nitrogens is 1. The highest BCUT2D eigenvalue weighted by Crippen LogP contribution is 2.45. The van der Waals surface area contributed by atoms with E-state index in [1.165, 1.54) is 32.3 Å². The van der Waals surface area contributed by atoms with E-state index in [4.69, 9.17) is 4.42 Å². The van der Waals surface area contributed by atoms with Crippen molar-refractivity contribution in [1.82, 2.24) is 4.98 Å². The summed E-state index contributed by atoms with van der Waals surface area (Å²) in [6.45, 7) is 0. The van der Waals surface area contributed by atoms with Gasteiger partial charge < -0.3 is 14.3 Å². The van der Waals surface area contributed by atoms with Crippen molar-refractivity contribution in [2.45, 2.75) is 0 Å². The Bertz CT molecular complexity index is 2740. The van der Waals surface area contributed by atoms with Crippen LogP contribution in [0, 0.1) is 0 Å². The summed E-state index contributed by atoms with van der Waals surface area (Å²) in [5.74, 6) is 0. The first-order valence-electron chi connectivity index (χ1n) is 16.0. The number of nitrogens with one attached hydrogen (secondary N) is 1. The van der Waals surface area contributed by atoms with Crippen LogP contribution in [0.4, 0.5) is 17.1 Å². The Morgan fingerprint density at radius 3 is 1.77 bits per heavy atom. The number of nitrogens with zero attached hydrogens (tertiary/aromatic N) is 1. The highest BCUT2D eigenvalue weighted by atomic mass is 16.3. The fraction of sp³-hybridized carbons (Fsp3) is 0. The Morgan fingerprint density at radius 1 is 0.404 bits per heavy atom. The van der Waals surface area contributed by atoms with Gasteiger partial charge in [0.2, 0.25) is 0 Å². The predicted octanol–water partition coefficient (Wildman–Crippen LogP) is 12.7. The van der Waals surface area contributed by atoms with Crippen LogP contribution < -0.4 is 4.90 Å². The highest BCUT2D eigenvalue weighted by molar-refractivity contribution is 6.19. The molecular weight excluding hydrogens is 572 g/mol. The van der Waals surface area contributed by atoms with Crippen LogP contribution in [0.1, 0.15) is 0 Å². The molecule has 0 saturated carbocycles. The summed E-state index contributed by atoms with van der Waals surface area (Å²) < 4.78 is 6.36. The molecule has 1 N–H and O–H groups in total. The zero-order valence-electron chi connectivity index (χ0n) is 25.4. The molecule has 8 aromatic carbocycles. The normalized spacial score (nSPS) is 11.8. The van der Waals surface area contributed by atoms with Gasteiger partial charge in [-0.15, -0.1) is 0 Å². The molecule has 10 rings (SSSR count). The lowest BCUT2D eigenvalue weighted by atomic mass is 9.96. The summed E-state index contributed by atoms with van der Waals surface area (Å²) in [5, 5.41) is 9.49. The lowest BCUT2D eigenvalue weighted by molar-refractivity contribution is 0.669. The second kappa shape index (κ2) is 10.1. The van der Waals surface area contributed by atoms with Crippen molar-refractivity contribution in [1.29, 1.82) is 0 Å². The average molecular weight is 601 g/mol. The zero-order chi connectivity index (χ0) is 30.9. The molecule has 0 unspecified atom stereocenters. The Labute approximate surface area is 270 Å². The van der Waals surface area contributed by atoms with E-state index in [0.717, 1.165) is 61.2 Å². The monoisotopic (exact) mass is 600 g/mol. The average Bonchev–Trinajstić information content (AvgIpc) is 3.70. The third kappa shape index (κ3) is 4.07. The van der Waals surface area contributed by atoms with Gasteiger partial charge in [-0.25, -0.2) is 0 Å². The summed E-state index contributed by atoms with van der Waals surface area (Å²) in [6.07, 6.45) is 0. The van der Waals surface area contributed by atoms with E-state index >= 15 is 0 Å². The molecule has 0 spiro atoms. The van der Waals surface area contributed by atoms with Crippen molar-refractivity contribution >= 4 is 82.4 Å². The minimum atomic E-state index is 0.888. The number of hydrogen-bond acceptors (Lipinski definition) is 2. The molecule has 3 nitrogen and oxygen atoms in total. The van der Waals surface area contributed by atoms with Gasteiger partial charge in [-0.1, -0.05) is 109 Å². The van der Waals surface area contributed by atoms with Crippen LogP contribution in [-0.4, -0.2) is 4.98 Å². The number of anilines is 3. The van der Waals surface area contributed by atoms with Crippen molar-refractivity contribution in [3.63, 3.8) is 0 Å². The number of hydrogen-bond donors (Lipinski definition) is 1. The number of H-pyrrole nitrogens is 1. The lowest BCUT2D eigenvalue weighted by Gasteiger charge is -2.27. The first-order chi connectivity index (χ1) is 23.3. The minimum Gasteiger partial charge on any atom is -0.456 e. The van der Waals surface area contributed by atoms with E-state index in [2.05, 4.69) is 168 Å². The zero-order valence-corrected chi connectivity index (χ0v) is 25.4. The Morgan fingerprint density at radius 2 is 1.02 bits per heavy atom. The van der Waals surface area contributed by atoms with E-state index in [0.29, 0.717) is 0 Å². The van der Waals surface area contributed by atoms with Crippen LogP contribution in [0.5, 0.6) is 0 Å². The third-order valence-corrected chi connectivity index (χ3v) is 9.53. The van der Waals surface area contributed by atoms with Gasteiger partial charge in [0.15, 0.2) is 0 Å². The molecule has 0 fully saturated rings. The second-order valence-electron chi connectivity index (χ2n) is 12.3. The fourth-order valence-electron chi connectivity index (χ4n) is 7.36. The molecule has 220 valence electrons. The van der Waals surface area contributed by atoms with Gasteiger partial charge in [0.25, 0.3) is 0 Å². The van der Waals surface area contributed by atoms with Crippen molar-refractivity contribution < 1.29 is 4.42 Å². The van der Waals surface area contributed by atoms with Crippen LogP contribution in [0.25, 0.3) is 76.4 Å². The van der Waals surface area contributed by atoms with Crippen LogP contribution in [0.15, 0.2) is 168 Å². The molecule has 2 heterocycles. The SMILES string of the molecule is c1ccc2cc(N(c3ccc4ccccc4c3)c3cc(-c4cccc5oc6ccccc6c45)c4[nH]c5ccccc5c4c3)ccc2c1. The van der Waals surface area contributed by atoms with E-state index in [1.54, 1.807) is 0 Å². The molecule has 0 bridgehead atoms. The number of para-hydroxylation sites is 2. The minimum absolute atomic E-state index is 0.888. The van der Waals surface area contributed by atoms with Gasteiger partial charge in [0.1, 0.15) is 11.2 Å². The Kier molecular flexibility index (Phi) is 5.57. The van der Waals surface area contributed by atoms with Crippen LogP contribution in [-0.2, 0) is 0 Å². The number of benzene rings is 8. The van der Waals surface area contributed by atoms with Crippen molar-refractivity contribution in [2.75, 3.05) is 4.90 Å². The summed E-state index contributed by atoms with van der Waals surface area (Å²) in [7, 11) is 0. The van der Waals surface area contributed by atoms with Gasteiger partial charge >= 0.3 is 0 Å². The molecule has 3 heteroatoms. The Balaban J connectivity index is 1.31. The van der Waals surface area contributed by atoms with Crippen LogP contribution in [0.3, 0.4) is 0 Å². The van der Waals surface area contributed by atoms with Crippen molar-refractivity contribution in [3.8, 4) is 11.1 Å². The molecule has 0 saturated heterocycles. The number of rotatable bonds is 4. The maximum absolute atomic E-state index is 6.36. The van der Waals surface area contributed by atoms with Gasteiger partial charge in [0, 0.05) is 49.7 Å². The van der Waals surface area contributed by atoms with Crippen molar-refractivity contribution in [2.24, 2.45) is 0 Å². The topological polar surface area (TPSA) is 32.2 Å². The highest BCUT2D eigenvalue weighted by Gasteiger charge is 2.21. The van der Waals surface area contributed by atoms with Gasteiger partial charge in [-0.2, -0.15) is 0 Å². The quantitative estimate of drug-likeness (QED) is 0.218. The standard InChI is InChI=1S/C44H28N2O/c1-3-12-30-24-32(22-20-28(30)10-1)46(33-23-21-29-11-2-4-13-31(29)25-33)34-26-38-35-14-5-7-17-40(35)45-44(38)39(27-34)36-16-9-19-42-43(36)37-15-6-8-18-41(37)47-42/h1-27,45H. The van der Waals surface area contributed by atoms with Gasteiger partial charge in [-0.3, -0.25) is 0 Å². The molecule has 0 amide bonds. The molecule has 47 heavy (non-hydrogen) atoms. The maximum atomic E-state index is 6.36. The molecule has 0 radical (unpaired) electrons. The number of aromatic amines is 1. The molecule has 2 aromatic heterocycles. The first kappa shape index (κ1) is 26.0. The molecule has 0 aliphatic rings. The fourth-order valence-corrected chi connectivity index (χ4v) is 7.36. The maximum Gasteiger partial charge on any atom is 0.136 e. The summed E-state index contributed by atoms with van der Waals surface area (Å²) in [5.41, 5.74) is 9.60. The number of furan rings is 1. The summed E-state index contributed by atoms with van der Waals surface area (Å²) in [4.78, 5) is 6.19. The summed E-state index contributed by atoms with van der Waals surface area (Å²) >= 11 is 0. The van der Waals surface area contributed by atoms with Gasteiger partial charge in [-0.05, 0) is 81.7 Å². The molecule has 0 aliphatic carbocycles. The molecule has 0 atom stereocenters. The van der Waals surface area contributed by atoms with Crippen LogP contribution in [0.2, 0.25) is 0 Å². The first-order valence-corrected chi connectivity index (χ1v) is 16.0. The smallest absolute Gasteiger partial charge is 0.136 e. The second-order valence-corrected chi connectivity index (χ2v) is 12.3. The third-order valence-electron chi connectivity index (χ3n) is 9.53. The molecule has 0 aliphatic heterocycles. The van der Waals surface area contributed by atoms with E-state index in [-0.39, 0.29) is 0 Å². The van der Waals surface area contributed by atoms with E-state index in [9.17, 15) is 0 Å². The lowest BCUT2D eigenvalue weighted by Crippen LogP contribution is -2.10. The molecular formula is C44H28N2O. The largest absolute Gasteiger partial charge is 0.456 e. The van der Waals surface area contributed by atoms with Gasteiger partial charge in [0.05, 0.1) is 5.52 Å². The van der Waals surface area contributed by atoms with E-state index in [1.807, 2.05) is 6.07 Å². The van der Waals surface area contributed by atoms with Crippen molar-refractivity contribution in [3.05, 3.63) is 164 Å². The number of fused-ring (bicyclic) bond motifs is 8.